The van der Waals surface area contributed by atoms with Gasteiger partial charge in [-0.2, -0.15) is 0 Å². The zero-order chi connectivity index (χ0) is 11.7. The molecule has 0 aliphatic heterocycles. The number of hydrogen-bond acceptors (Lipinski definition) is 3. The molecule has 1 saturated carbocycles. The smallest absolute Gasteiger partial charge is 0.134 e. The van der Waals surface area contributed by atoms with Crippen LogP contribution in [0.25, 0.3) is 0 Å². The van der Waals surface area contributed by atoms with Gasteiger partial charge in [0, 0.05) is 17.2 Å². The van der Waals surface area contributed by atoms with Crippen molar-refractivity contribution >= 4 is 5.82 Å². The highest BCUT2D eigenvalue weighted by molar-refractivity contribution is 5.40. The first kappa shape index (κ1) is 11.4. The monoisotopic (exact) mass is 219 g/mol. The van der Waals surface area contributed by atoms with E-state index in [4.69, 9.17) is 5.73 Å². The molecule has 0 saturated heterocycles. The average molecular weight is 219 g/mol. The molecule has 1 heterocycles. The maximum atomic E-state index is 5.91. The molecule has 0 radical (unpaired) electrons. The van der Waals surface area contributed by atoms with Gasteiger partial charge in [0.1, 0.15) is 11.6 Å². The van der Waals surface area contributed by atoms with Crippen molar-refractivity contribution in [2.24, 2.45) is 5.92 Å². The van der Waals surface area contributed by atoms with Crippen molar-refractivity contribution in [3.63, 3.8) is 0 Å². The number of aromatic nitrogens is 2. The van der Waals surface area contributed by atoms with Gasteiger partial charge in [-0.1, -0.05) is 19.8 Å². The molecule has 2 atom stereocenters. The molecule has 1 aromatic rings. The Kier molecular flexibility index (Phi) is 3.13. The van der Waals surface area contributed by atoms with Gasteiger partial charge >= 0.3 is 0 Å². The highest BCUT2D eigenvalue weighted by Gasteiger charge is 2.23. The van der Waals surface area contributed by atoms with Crippen molar-refractivity contribution in [2.75, 3.05) is 5.73 Å². The van der Waals surface area contributed by atoms with Crippen molar-refractivity contribution in [2.45, 2.75) is 52.4 Å². The summed E-state index contributed by atoms with van der Waals surface area (Å²) < 4.78 is 0. The van der Waals surface area contributed by atoms with E-state index in [0.29, 0.717) is 11.7 Å². The van der Waals surface area contributed by atoms with Gasteiger partial charge in [0.05, 0.1) is 0 Å². The maximum Gasteiger partial charge on any atom is 0.134 e. The third-order valence-electron chi connectivity index (χ3n) is 3.75. The van der Waals surface area contributed by atoms with Crippen LogP contribution >= 0.6 is 0 Å². The molecule has 0 aromatic carbocycles. The maximum absolute atomic E-state index is 5.91. The molecule has 2 N–H and O–H groups in total. The van der Waals surface area contributed by atoms with E-state index in [1.807, 2.05) is 13.8 Å². The van der Waals surface area contributed by atoms with Crippen LogP contribution in [0.2, 0.25) is 0 Å². The van der Waals surface area contributed by atoms with Crippen LogP contribution in [-0.4, -0.2) is 9.97 Å². The summed E-state index contributed by atoms with van der Waals surface area (Å²) in [5, 5.41) is 0. The third kappa shape index (κ3) is 2.18. The minimum absolute atomic E-state index is 0.519. The molecule has 1 fully saturated rings. The van der Waals surface area contributed by atoms with Gasteiger partial charge in [-0.3, -0.25) is 0 Å². The normalized spacial score (nSPS) is 25.7. The van der Waals surface area contributed by atoms with Gasteiger partial charge in [-0.25, -0.2) is 9.97 Å². The second kappa shape index (κ2) is 4.40. The Morgan fingerprint density at radius 2 is 1.94 bits per heavy atom. The van der Waals surface area contributed by atoms with E-state index in [1.54, 1.807) is 0 Å². The van der Waals surface area contributed by atoms with Gasteiger partial charge in [-0.15, -0.1) is 0 Å². The molecule has 0 bridgehead atoms. The molecule has 3 nitrogen and oxygen atoms in total. The van der Waals surface area contributed by atoms with Crippen LogP contribution < -0.4 is 5.73 Å². The summed E-state index contributed by atoms with van der Waals surface area (Å²) in [6.45, 7) is 6.32. The molecule has 2 unspecified atom stereocenters. The van der Waals surface area contributed by atoms with Crippen LogP contribution in [0.1, 0.15) is 55.6 Å². The second-order valence-electron chi connectivity index (χ2n) is 5.15. The van der Waals surface area contributed by atoms with Crippen LogP contribution in [0.5, 0.6) is 0 Å². The topological polar surface area (TPSA) is 51.8 Å². The predicted molar refractivity (Wildman–Crippen MR) is 66.3 cm³/mol. The first-order valence-corrected chi connectivity index (χ1v) is 6.18. The quantitative estimate of drug-likeness (QED) is 0.790. The SMILES string of the molecule is Cc1nc(C2CCCC(C)C2)nc(N)c1C. The minimum atomic E-state index is 0.519. The third-order valence-corrected chi connectivity index (χ3v) is 3.75. The lowest BCUT2D eigenvalue weighted by Gasteiger charge is -2.26. The highest BCUT2D eigenvalue weighted by atomic mass is 15.0. The minimum Gasteiger partial charge on any atom is -0.383 e. The van der Waals surface area contributed by atoms with Gasteiger partial charge in [-0.05, 0) is 32.6 Å². The number of nitrogens with two attached hydrogens (primary N) is 1. The summed E-state index contributed by atoms with van der Waals surface area (Å²) in [5.74, 6) is 2.93. The van der Waals surface area contributed by atoms with Crippen molar-refractivity contribution < 1.29 is 0 Å². The van der Waals surface area contributed by atoms with Crippen LogP contribution in [0.15, 0.2) is 0 Å². The lowest BCUT2D eigenvalue weighted by atomic mass is 9.82. The first-order valence-electron chi connectivity index (χ1n) is 6.18. The lowest BCUT2D eigenvalue weighted by molar-refractivity contribution is 0.335. The molecule has 3 heteroatoms. The first-order chi connectivity index (χ1) is 7.58. The fourth-order valence-corrected chi connectivity index (χ4v) is 2.52. The number of rotatable bonds is 1. The number of aryl methyl sites for hydroxylation is 1. The van der Waals surface area contributed by atoms with E-state index in [0.717, 1.165) is 23.0 Å². The van der Waals surface area contributed by atoms with Gasteiger partial charge < -0.3 is 5.73 Å². The molecule has 1 aliphatic carbocycles. The summed E-state index contributed by atoms with van der Waals surface area (Å²) in [6, 6.07) is 0. The average Bonchev–Trinajstić information content (AvgIpc) is 2.25. The summed E-state index contributed by atoms with van der Waals surface area (Å²) >= 11 is 0. The lowest BCUT2D eigenvalue weighted by Crippen LogP contribution is -2.16. The standard InChI is InChI=1S/C13H21N3/c1-8-5-4-6-11(7-8)13-15-10(3)9(2)12(14)16-13/h8,11H,4-7H2,1-3H3,(H2,14,15,16). The molecular formula is C13H21N3. The Balaban J connectivity index is 2.26. The molecule has 2 rings (SSSR count). The number of hydrogen-bond donors (Lipinski definition) is 1. The van der Waals surface area contributed by atoms with Crippen molar-refractivity contribution in [3.05, 3.63) is 17.1 Å². The Hall–Kier alpha value is -1.12. The molecule has 88 valence electrons. The molecule has 0 amide bonds. The fraction of sp³-hybridized carbons (Fsp3) is 0.692. The Morgan fingerprint density at radius 3 is 2.56 bits per heavy atom. The van der Waals surface area contributed by atoms with E-state index >= 15 is 0 Å². The van der Waals surface area contributed by atoms with Gasteiger partial charge in [0.15, 0.2) is 0 Å². The molecule has 1 aromatic heterocycles. The largest absolute Gasteiger partial charge is 0.383 e. The van der Waals surface area contributed by atoms with Crippen LogP contribution in [0.3, 0.4) is 0 Å². The summed E-state index contributed by atoms with van der Waals surface area (Å²) in [7, 11) is 0. The van der Waals surface area contributed by atoms with Crippen LogP contribution in [-0.2, 0) is 0 Å². The predicted octanol–water partition coefficient (Wildman–Crippen LogP) is 2.97. The van der Waals surface area contributed by atoms with E-state index < -0.39 is 0 Å². The Bertz CT molecular complexity index is 364. The van der Waals surface area contributed by atoms with E-state index in [-0.39, 0.29) is 0 Å². The van der Waals surface area contributed by atoms with Gasteiger partial charge in [0.25, 0.3) is 0 Å². The number of anilines is 1. The summed E-state index contributed by atoms with van der Waals surface area (Å²) in [5.41, 5.74) is 7.96. The summed E-state index contributed by atoms with van der Waals surface area (Å²) in [4.78, 5) is 9.06. The Morgan fingerprint density at radius 1 is 1.19 bits per heavy atom. The fourth-order valence-electron chi connectivity index (χ4n) is 2.52. The van der Waals surface area contributed by atoms with Crippen molar-refractivity contribution in [1.29, 1.82) is 0 Å². The van der Waals surface area contributed by atoms with Gasteiger partial charge in [0.2, 0.25) is 0 Å². The molecular weight excluding hydrogens is 198 g/mol. The highest BCUT2D eigenvalue weighted by Crippen LogP contribution is 2.34. The summed E-state index contributed by atoms with van der Waals surface area (Å²) in [6.07, 6.45) is 5.06. The van der Waals surface area contributed by atoms with E-state index in [2.05, 4.69) is 16.9 Å². The number of nitrogen functional groups attached to an aromatic ring is 1. The number of nitrogens with zero attached hydrogens (tertiary/aromatic N) is 2. The Labute approximate surface area is 97.5 Å². The second-order valence-corrected chi connectivity index (χ2v) is 5.15. The van der Waals surface area contributed by atoms with Crippen LogP contribution in [0.4, 0.5) is 5.82 Å². The van der Waals surface area contributed by atoms with Crippen LogP contribution in [0, 0.1) is 19.8 Å². The molecule has 0 spiro atoms. The van der Waals surface area contributed by atoms with E-state index in [9.17, 15) is 0 Å². The zero-order valence-electron chi connectivity index (χ0n) is 10.5. The molecule has 16 heavy (non-hydrogen) atoms. The van der Waals surface area contributed by atoms with Crippen molar-refractivity contribution in [1.82, 2.24) is 9.97 Å². The molecule has 1 aliphatic rings. The van der Waals surface area contributed by atoms with Crippen molar-refractivity contribution in [3.8, 4) is 0 Å². The van der Waals surface area contributed by atoms with E-state index in [1.165, 1.54) is 25.7 Å². The zero-order valence-corrected chi connectivity index (χ0v) is 10.5.